The second-order valence-electron chi connectivity index (χ2n) is 9.90. The Bertz CT molecular complexity index is 1140. The molecule has 5 nitrogen and oxygen atoms in total. The lowest BCUT2D eigenvalue weighted by atomic mass is 9.80. The fraction of sp³-hybridized carbons (Fsp3) is 0.464. The van der Waals surface area contributed by atoms with Gasteiger partial charge in [0.15, 0.2) is 0 Å². The number of aromatic nitrogens is 2. The number of carbonyl (C=O) groups is 1. The van der Waals surface area contributed by atoms with E-state index in [4.69, 9.17) is 0 Å². The van der Waals surface area contributed by atoms with Crippen LogP contribution in [0.4, 0.5) is 0 Å². The number of para-hydroxylation sites is 1. The van der Waals surface area contributed by atoms with Crippen LogP contribution in [0.5, 0.6) is 0 Å². The molecule has 1 aliphatic heterocycles. The zero-order valence-electron chi connectivity index (χ0n) is 19.2. The van der Waals surface area contributed by atoms with Crippen LogP contribution in [0.1, 0.15) is 44.1 Å². The molecule has 0 radical (unpaired) electrons. The molecule has 2 aromatic carbocycles. The molecule has 0 atom stereocenters. The van der Waals surface area contributed by atoms with Crippen molar-refractivity contribution in [3.8, 4) is 0 Å². The Morgan fingerprint density at radius 1 is 0.848 bits per heavy atom. The van der Waals surface area contributed by atoms with Crippen LogP contribution >= 0.6 is 0 Å². The Morgan fingerprint density at radius 2 is 1.55 bits per heavy atom. The first-order valence-corrected chi connectivity index (χ1v) is 12.4. The normalized spacial score (nSPS) is 21.9. The van der Waals surface area contributed by atoms with Crippen molar-refractivity contribution in [2.75, 3.05) is 13.1 Å². The highest BCUT2D eigenvalue weighted by molar-refractivity contribution is 5.79. The maximum atomic E-state index is 13.1. The average Bonchev–Trinajstić information content (AvgIpc) is 2.87. The monoisotopic (exact) mass is 443 g/mol. The van der Waals surface area contributed by atoms with Crippen molar-refractivity contribution in [3.05, 3.63) is 76.8 Å². The van der Waals surface area contributed by atoms with E-state index in [1.54, 1.807) is 10.9 Å². The predicted octanol–water partition coefficient (Wildman–Crippen LogP) is 4.68. The van der Waals surface area contributed by atoms with Crippen molar-refractivity contribution in [2.45, 2.75) is 51.5 Å². The first-order valence-electron chi connectivity index (χ1n) is 12.4. The summed E-state index contributed by atoms with van der Waals surface area (Å²) in [4.78, 5) is 32.5. The van der Waals surface area contributed by atoms with Crippen LogP contribution in [0.25, 0.3) is 10.9 Å². The minimum atomic E-state index is 0.0390. The lowest BCUT2D eigenvalue weighted by molar-refractivity contribution is -0.138. The molecule has 0 bridgehead atoms. The molecule has 5 rings (SSSR count). The molecule has 1 aliphatic carbocycles. The predicted molar refractivity (Wildman–Crippen MR) is 131 cm³/mol. The lowest BCUT2D eigenvalue weighted by Crippen LogP contribution is -2.43. The van der Waals surface area contributed by atoms with E-state index in [2.05, 4.69) is 40.2 Å². The standard InChI is InChI=1S/C28H33N3O2/c32-27(30-16-14-22(15-17-30)18-21-6-2-1-3-7-21)24-12-10-23(11-13-24)19-31-20-29-26-9-5-4-8-25(26)28(31)33/h1-9,20,22-24H,10-19H2. The van der Waals surface area contributed by atoms with Gasteiger partial charge in [-0.15, -0.1) is 0 Å². The summed E-state index contributed by atoms with van der Waals surface area (Å²) in [7, 11) is 0. The highest BCUT2D eigenvalue weighted by Gasteiger charge is 2.31. The van der Waals surface area contributed by atoms with E-state index in [-0.39, 0.29) is 11.5 Å². The number of amides is 1. The quantitative estimate of drug-likeness (QED) is 0.575. The van der Waals surface area contributed by atoms with Crippen LogP contribution in [0, 0.1) is 17.8 Å². The van der Waals surface area contributed by atoms with E-state index >= 15 is 0 Å². The second-order valence-corrected chi connectivity index (χ2v) is 9.90. The fourth-order valence-electron chi connectivity index (χ4n) is 5.67. The number of hydrogen-bond acceptors (Lipinski definition) is 3. The first-order chi connectivity index (χ1) is 16.2. The highest BCUT2D eigenvalue weighted by Crippen LogP contribution is 2.32. The summed E-state index contributed by atoms with van der Waals surface area (Å²) in [6, 6.07) is 18.2. The number of carbonyl (C=O) groups excluding carboxylic acids is 1. The van der Waals surface area contributed by atoms with E-state index in [1.807, 2.05) is 24.3 Å². The molecule has 3 aromatic rings. The molecule has 5 heteroatoms. The number of likely N-dealkylation sites (tertiary alicyclic amines) is 1. The summed E-state index contributed by atoms with van der Waals surface area (Å²) in [6.07, 6.45) is 8.88. The minimum Gasteiger partial charge on any atom is -0.342 e. The molecule has 0 spiro atoms. The summed E-state index contributed by atoms with van der Waals surface area (Å²) in [5.41, 5.74) is 2.19. The minimum absolute atomic E-state index is 0.0390. The van der Waals surface area contributed by atoms with Gasteiger partial charge in [-0.1, -0.05) is 42.5 Å². The van der Waals surface area contributed by atoms with Crippen LogP contribution in [0.3, 0.4) is 0 Å². The Hall–Kier alpha value is -2.95. The smallest absolute Gasteiger partial charge is 0.261 e. The zero-order valence-corrected chi connectivity index (χ0v) is 19.2. The molecule has 0 unspecified atom stereocenters. The molecule has 1 saturated heterocycles. The van der Waals surface area contributed by atoms with Crippen molar-refractivity contribution < 1.29 is 4.79 Å². The molecule has 2 heterocycles. The number of rotatable bonds is 5. The van der Waals surface area contributed by atoms with Gasteiger partial charge in [0.2, 0.25) is 5.91 Å². The van der Waals surface area contributed by atoms with Gasteiger partial charge >= 0.3 is 0 Å². The lowest BCUT2D eigenvalue weighted by Gasteiger charge is -2.36. The molecule has 2 aliphatic rings. The van der Waals surface area contributed by atoms with Gasteiger partial charge in [0.25, 0.3) is 5.56 Å². The summed E-state index contributed by atoms with van der Waals surface area (Å²) in [6.45, 7) is 2.49. The molecule has 33 heavy (non-hydrogen) atoms. The molecule has 0 N–H and O–H groups in total. The topological polar surface area (TPSA) is 55.2 Å². The molecule has 172 valence electrons. The molecule has 1 amide bonds. The maximum Gasteiger partial charge on any atom is 0.261 e. The summed E-state index contributed by atoms with van der Waals surface area (Å²) < 4.78 is 1.76. The number of nitrogens with zero attached hydrogens (tertiary/aromatic N) is 3. The SMILES string of the molecule is O=C(C1CCC(Cn2cnc3ccccc3c2=O)CC1)N1CCC(Cc2ccccc2)CC1. The van der Waals surface area contributed by atoms with Gasteiger partial charge < -0.3 is 4.90 Å². The van der Waals surface area contributed by atoms with Crippen LogP contribution in [0.15, 0.2) is 65.7 Å². The van der Waals surface area contributed by atoms with Gasteiger partial charge in [0.05, 0.1) is 17.2 Å². The molecular formula is C28H33N3O2. The number of piperidine rings is 1. The fourth-order valence-corrected chi connectivity index (χ4v) is 5.67. The number of benzene rings is 2. The highest BCUT2D eigenvalue weighted by atomic mass is 16.2. The third-order valence-corrected chi connectivity index (χ3v) is 7.68. The van der Waals surface area contributed by atoms with Crippen molar-refractivity contribution in [3.63, 3.8) is 0 Å². The van der Waals surface area contributed by atoms with Crippen molar-refractivity contribution in [1.82, 2.24) is 14.5 Å². The van der Waals surface area contributed by atoms with Gasteiger partial charge in [0, 0.05) is 25.6 Å². The Morgan fingerprint density at radius 3 is 2.30 bits per heavy atom. The molecule has 2 fully saturated rings. The first kappa shape index (κ1) is 21.9. The van der Waals surface area contributed by atoms with Crippen LogP contribution < -0.4 is 5.56 Å². The van der Waals surface area contributed by atoms with Crippen molar-refractivity contribution >= 4 is 16.8 Å². The van der Waals surface area contributed by atoms with Gasteiger partial charge in [-0.25, -0.2) is 4.98 Å². The van der Waals surface area contributed by atoms with Crippen molar-refractivity contribution in [1.29, 1.82) is 0 Å². The van der Waals surface area contributed by atoms with Crippen LogP contribution in [-0.2, 0) is 17.8 Å². The third-order valence-electron chi connectivity index (χ3n) is 7.68. The Labute approximate surface area is 195 Å². The summed E-state index contributed by atoms with van der Waals surface area (Å²) in [5.74, 6) is 1.63. The molecule has 1 aromatic heterocycles. The van der Waals surface area contributed by atoms with Crippen LogP contribution in [0.2, 0.25) is 0 Å². The maximum absolute atomic E-state index is 13.1. The van der Waals surface area contributed by atoms with Crippen LogP contribution in [-0.4, -0.2) is 33.4 Å². The van der Waals surface area contributed by atoms with Gasteiger partial charge in [-0.3, -0.25) is 14.2 Å². The largest absolute Gasteiger partial charge is 0.342 e. The van der Waals surface area contributed by atoms with Crippen molar-refractivity contribution in [2.24, 2.45) is 17.8 Å². The Balaban J connectivity index is 1.11. The number of fused-ring (bicyclic) bond motifs is 1. The molecular weight excluding hydrogens is 410 g/mol. The van der Waals surface area contributed by atoms with E-state index in [0.29, 0.717) is 29.7 Å². The third kappa shape index (κ3) is 5.02. The number of hydrogen-bond donors (Lipinski definition) is 0. The zero-order chi connectivity index (χ0) is 22.6. The van der Waals surface area contributed by atoms with E-state index < -0.39 is 0 Å². The Kier molecular flexibility index (Phi) is 6.56. The van der Waals surface area contributed by atoms with Gasteiger partial charge in [0.1, 0.15) is 0 Å². The summed E-state index contributed by atoms with van der Waals surface area (Å²) >= 11 is 0. The molecule has 1 saturated carbocycles. The van der Waals surface area contributed by atoms with E-state index in [0.717, 1.165) is 63.6 Å². The van der Waals surface area contributed by atoms with E-state index in [9.17, 15) is 9.59 Å². The van der Waals surface area contributed by atoms with E-state index in [1.165, 1.54) is 5.56 Å². The van der Waals surface area contributed by atoms with Gasteiger partial charge in [-0.2, -0.15) is 0 Å². The summed E-state index contributed by atoms with van der Waals surface area (Å²) in [5, 5.41) is 0.680. The average molecular weight is 444 g/mol. The van der Waals surface area contributed by atoms with Gasteiger partial charge in [-0.05, 0) is 74.5 Å². The second kappa shape index (κ2) is 9.90.